The van der Waals surface area contributed by atoms with Gasteiger partial charge in [0, 0.05) is 9.92 Å². The van der Waals surface area contributed by atoms with Crippen LogP contribution in [0.2, 0.25) is 10.3 Å². The molecule has 0 saturated carbocycles. The SMILES string of the molecule is COc1ccccc1C(=O)Nc1ccccc1Sc1nc(Cl)nn1Cc1ccc(Cl)cc1. The van der Waals surface area contributed by atoms with Crippen LogP contribution in [0.4, 0.5) is 5.69 Å². The number of halogens is 2. The van der Waals surface area contributed by atoms with Gasteiger partial charge in [0.2, 0.25) is 5.28 Å². The Labute approximate surface area is 199 Å². The van der Waals surface area contributed by atoms with E-state index in [0.29, 0.717) is 33.7 Å². The Morgan fingerprint density at radius 2 is 1.75 bits per heavy atom. The van der Waals surface area contributed by atoms with Crippen LogP contribution in [-0.2, 0) is 6.54 Å². The van der Waals surface area contributed by atoms with Crippen LogP contribution in [-0.4, -0.2) is 27.8 Å². The lowest BCUT2D eigenvalue weighted by atomic mass is 10.2. The van der Waals surface area contributed by atoms with E-state index in [0.717, 1.165) is 10.5 Å². The number of methoxy groups -OCH3 is 1. The molecule has 0 fully saturated rings. The molecule has 0 saturated heterocycles. The predicted octanol–water partition coefficient (Wildman–Crippen LogP) is 6.05. The van der Waals surface area contributed by atoms with Gasteiger partial charge in [-0.05, 0) is 65.3 Å². The van der Waals surface area contributed by atoms with E-state index in [1.54, 1.807) is 22.9 Å². The summed E-state index contributed by atoms with van der Waals surface area (Å²) in [4.78, 5) is 18.0. The zero-order chi connectivity index (χ0) is 22.5. The van der Waals surface area contributed by atoms with Gasteiger partial charge in [-0.3, -0.25) is 4.79 Å². The maximum Gasteiger partial charge on any atom is 0.259 e. The van der Waals surface area contributed by atoms with Crippen LogP contribution < -0.4 is 10.1 Å². The summed E-state index contributed by atoms with van der Waals surface area (Å²) in [6.07, 6.45) is 0. The van der Waals surface area contributed by atoms with Gasteiger partial charge in [-0.25, -0.2) is 4.68 Å². The number of anilines is 1. The molecular formula is C23H18Cl2N4O2S. The highest BCUT2D eigenvalue weighted by molar-refractivity contribution is 7.99. The standard InChI is InChI=1S/C23H18Cl2N4O2S/c1-31-19-8-4-2-6-17(19)21(30)26-18-7-3-5-9-20(18)32-23-27-22(25)28-29(23)14-15-10-12-16(24)13-11-15/h2-13H,14H2,1H3,(H,26,30). The molecule has 0 aliphatic heterocycles. The Morgan fingerprint density at radius 3 is 2.53 bits per heavy atom. The highest BCUT2D eigenvalue weighted by Gasteiger charge is 2.16. The second-order valence-electron chi connectivity index (χ2n) is 6.70. The number of hydrogen-bond acceptors (Lipinski definition) is 5. The summed E-state index contributed by atoms with van der Waals surface area (Å²) in [5.41, 5.74) is 2.10. The number of carbonyl (C=O) groups excluding carboxylic acids is 1. The quantitative estimate of drug-likeness (QED) is 0.345. The lowest BCUT2D eigenvalue weighted by molar-refractivity contribution is 0.102. The minimum Gasteiger partial charge on any atom is -0.496 e. The Balaban J connectivity index is 1.57. The van der Waals surface area contributed by atoms with Gasteiger partial charge in [-0.1, -0.05) is 48.0 Å². The number of amides is 1. The fraction of sp³-hybridized carbons (Fsp3) is 0.0870. The smallest absolute Gasteiger partial charge is 0.259 e. The van der Waals surface area contributed by atoms with Crippen molar-refractivity contribution in [2.45, 2.75) is 16.6 Å². The van der Waals surface area contributed by atoms with Crippen molar-refractivity contribution in [2.24, 2.45) is 0 Å². The number of carbonyl (C=O) groups is 1. The highest BCUT2D eigenvalue weighted by Crippen LogP contribution is 2.34. The minimum atomic E-state index is -0.267. The summed E-state index contributed by atoms with van der Waals surface area (Å²) < 4.78 is 7.02. The number of hydrogen-bond donors (Lipinski definition) is 1. The van der Waals surface area contributed by atoms with E-state index in [4.69, 9.17) is 27.9 Å². The molecule has 3 aromatic carbocycles. The van der Waals surface area contributed by atoms with E-state index in [9.17, 15) is 4.79 Å². The molecule has 0 spiro atoms. The van der Waals surface area contributed by atoms with Crippen molar-refractivity contribution >= 4 is 46.6 Å². The van der Waals surface area contributed by atoms with Crippen molar-refractivity contribution in [3.63, 3.8) is 0 Å². The number of nitrogens with one attached hydrogen (secondary N) is 1. The first-order valence-electron chi connectivity index (χ1n) is 9.59. The van der Waals surface area contributed by atoms with Crippen LogP contribution in [0.5, 0.6) is 5.75 Å². The average molecular weight is 485 g/mol. The third-order valence-electron chi connectivity index (χ3n) is 4.55. The van der Waals surface area contributed by atoms with Gasteiger partial charge in [0.05, 0.1) is 24.9 Å². The fourth-order valence-corrected chi connectivity index (χ4v) is 4.28. The Hall–Kier alpha value is -3.00. The second kappa shape index (κ2) is 10.1. The van der Waals surface area contributed by atoms with E-state index >= 15 is 0 Å². The maximum atomic E-state index is 12.9. The molecule has 0 atom stereocenters. The molecule has 32 heavy (non-hydrogen) atoms. The molecule has 0 bridgehead atoms. The van der Waals surface area contributed by atoms with Crippen molar-refractivity contribution in [3.8, 4) is 5.75 Å². The first kappa shape index (κ1) is 22.2. The first-order valence-corrected chi connectivity index (χ1v) is 11.2. The molecule has 0 aliphatic rings. The number of para-hydroxylation sites is 2. The molecular weight excluding hydrogens is 467 g/mol. The van der Waals surface area contributed by atoms with Gasteiger partial charge in [0.1, 0.15) is 5.75 Å². The van der Waals surface area contributed by atoms with Crippen molar-refractivity contribution in [3.05, 3.63) is 94.2 Å². The van der Waals surface area contributed by atoms with E-state index in [2.05, 4.69) is 15.4 Å². The fourth-order valence-electron chi connectivity index (χ4n) is 3.02. The normalized spacial score (nSPS) is 10.7. The summed E-state index contributed by atoms with van der Waals surface area (Å²) in [6.45, 7) is 0.481. The van der Waals surface area contributed by atoms with Crippen molar-refractivity contribution < 1.29 is 9.53 Å². The molecule has 0 radical (unpaired) electrons. The number of rotatable bonds is 7. The molecule has 9 heteroatoms. The van der Waals surface area contributed by atoms with Gasteiger partial charge in [0.25, 0.3) is 5.91 Å². The zero-order valence-corrected chi connectivity index (χ0v) is 19.3. The third kappa shape index (κ3) is 5.24. The molecule has 162 valence electrons. The van der Waals surface area contributed by atoms with Crippen LogP contribution in [0.25, 0.3) is 0 Å². The first-order chi connectivity index (χ1) is 15.5. The van der Waals surface area contributed by atoms with Gasteiger partial charge >= 0.3 is 0 Å². The summed E-state index contributed by atoms with van der Waals surface area (Å²) in [5, 5.41) is 8.68. The largest absolute Gasteiger partial charge is 0.496 e. The molecule has 0 aliphatic carbocycles. The van der Waals surface area contributed by atoms with E-state index in [1.807, 2.05) is 54.6 Å². The van der Waals surface area contributed by atoms with Gasteiger partial charge in [-0.15, -0.1) is 5.10 Å². The van der Waals surface area contributed by atoms with Gasteiger partial charge < -0.3 is 10.1 Å². The van der Waals surface area contributed by atoms with Crippen molar-refractivity contribution in [1.82, 2.24) is 14.8 Å². The van der Waals surface area contributed by atoms with E-state index in [1.165, 1.54) is 18.9 Å². The molecule has 1 aromatic heterocycles. The molecule has 4 aromatic rings. The second-order valence-corrected chi connectivity index (χ2v) is 8.48. The average Bonchev–Trinajstić information content (AvgIpc) is 3.15. The van der Waals surface area contributed by atoms with Crippen LogP contribution in [0.3, 0.4) is 0 Å². The maximum absolute atomic E-state index is 12.9. The third-order valence-corrected chi connectivity index (χ3v) is 6.02. The molecule has 0 unspecified atom stereocenters. The zero-order valence-electron chi connectivity index (χ0n) is 17.0. The van der Waals surface area contributed by atoms with Crippen LogP contribution in [0.1, 0.15) is 15.9 Å². The Bertz CT molecular complexity index is 1240. The lowest BCUT2D eigenvalue weighted by Gasteiger charge is -2.12. The summed E-state index contributed by atoms with van der Waals surface area (Å²) in [5.74, 6) is 0.237. The molecule has 1 N–H and O–H groups in total. The number of aromatic nitrogens is 3. The topological polar surface area (TPSA) is 69.0 Å². The highest BCUT2D eigenvalue weighted by atomic mass is 35.5. The molecule has 4 rings (SSSR count). The molecule has 6 nitrogen and oxygen atoms in total. The number of nitrogens with zero attached hydrogens (tertiary/aromatic N) is 3. The van der Waals surface area contributed by atoms with Gasteiger partial charge in [0.15, 0.2) is 5.16 Å². The van der Waals surface area contributed by atoms with E-state index < -0.39 is 0 Å². The van der Waals surface area contributed by atoms with Crippen molar-refractivity contribution in [1.29, 1.82) is 0 Å². The van der Waals surface area contributed by atoms with Gasteiger partial charge in [-0.2, -0.15) is 4.98 Å². The van der Waals surface area contributed by atoms with E-state index in [-0.39, 0.29) is 11.2 Å². The number of ether oxygens (including phenoxy) is 1. The Kier molecular flexibility index (Phi) is 6.99. The van der Waals surface area contributed by atoms with Crippen molar-refractivity contribution in [2.75, 3.05) is 12.4 Å². The Morgan fingerprint density at radius 1 is 1.03 bits per heavy atom. The van der Waals surface area contributed by atoms with Crippen LogP contribution in [0.15, 0.2) is 82.8 Å². The predicted molar refractivity (Wildman–Crippen MR) is 127 cm³/mol. The summed E-state index contributed by atoms with van der Waals surface area (Å²) in [6, 6.07) is 22.0. The summed E-state index contributed by atoms with van der Waals surface area (Å²) >= 11 is 13.4. The van der Waals surface area contributed by atoms with Crippen LogP contribution >= 0.6 is 35.0 Å². The lowest BCUT2D eigenvalue weighted by Crippen LogP contribution is -2.13. The summed E-state index contributed by atoms with van der Waals surface area (Å²) in [7, 11) is 1.53. The molecule has 1 heterocycles. The minimum absolute atomic E-state index is 0.150. The number of benzene rings is 3. The monoisotopic (exact) mass is 484 g/mol. The van der Waals surface area contributed by atoms with Crippen LogP contribution in [0, 0.1) is 0 Å². The molecule has 1 amide bonds.